The van der Waals surface area contributed by atoms with Gasteiger partial charge in [-0.2, -0.15) is 0 Å². The number of carbonyl (C=O) groups excluding carboxylic acids is 3. The van der Waals surface area contributed by atoms with Crippen LogP contribution in [0.1, 0.15) is 31.9 Å². The molecule has 30 heavy (non-hydrogen) atoms. The van der Waals surface area contributed by atoms with Crippen LogP contribution < -0.4 is 0 Å². The highest BCUT2D eigenvalue weighted by atomic mass is 32.2. The van der Waals surface area contributed by atoms with Gasteiger partial charge in [0.05, 0.1) is 12.4 Å². The molecule has 0 radical (unpaired) electrons. The summed E-state index contributed by atoms with van der Waals surface area (Å²) in [6.07, 6.45) is -3.81. The van der Waals surface area contributed by atoms with Gasteiger partial charge in [-0.05, 0) is 33.3 Å². The Kier molecular flexibility index (Phi) is 6.70. The van der Waals surface area contributed by atoms with Crippen LogP contribution in [0, 0.1) is 6.92 Å². The Labute approximate surface area is 174 Å². The van der Waals surface area contributed by atoms with Gasteiger partial charge in [0.2, 0.25) is 0 Å². The molecule has 2 rings (SSSR count). The van der Waals surface area contributed by atoms with E-state index in [0.717, 1.165) is 26.3 Å². The molecule has 0 spiro atoms. The number of Topliss-reactive ketones (excluding diaryl/α,β-unsaturated/α-hetero) is 3. The van der Waals surface area contributed by atoms with Gasteiger partial charge in [-0.3, -0.25) is 14.4 Å². The molecule has 0 bridgehead atoms. The number of benzene rings is 1. The lowest BCUT2D eigenvalue weighted by Gasteiger charge is -2.51. The smallest absolute Gasteiger partial charge is 0.193 e. The number of rotatable bonds is 7. The van der Waals surface area contributed by atoms with E-state index >= 15 is 0 Å². The summed E-state index contributed by atoms with van der Waals surface area (Å²) in [5, 5.41) is 29.9. The van der Waals surface area contributed by atoms with Crippen molar-refractivity contribution in [3.63, 3.8) is 0 Å². The third-order valence-electron chi connectivity index (χ3n) is 5.51. The fourth-order valence-corrected chi connectivity index (χ4v) is 5.72. The molecule has 166 valence electrons. The molecular formula is C20H26O9S. The molecule has 0 saturated carbocycles. The first kappa shape index (κ1) is 24.3. The first-order valence-corrected chi connectivity index (χ1v) is 11.0. The standard InChI is InChI=1S/C20H26O9S/c1-11-5-7-15(8-6-11)10-30(27,28)16-9-29-18(17(24)12(2)21)20(26,14(4)23)19(16,25)13(3)22/h5-8,12,16,18,21,25-26H,9-10H2,1-4H3/t12?,16-,18+,19+,20+/m0/s1. The second-order valence-corrected chi connectivity index (χ2v) is 9.90. The van der Waals surface area contributed by atoms with Crippen molar-refractivity contribution in [2.75, 3.05) is 6.61 Å². The number of aliphatic hydroxyl groups is 3. The third-order valence-corrected chi connectivity index (χ3v) is 7.59. The Hall–Kier alpha value is -1.98. The van der Waals surface area contributed by atoms with Crippen LogP contribution in [0.25, 0.3) is 0 Å². The van der Waals surface area contributed by atoms with Gasteiger partial charge in [0, 0.05) is 0 Å². The number of ether oxygens (including phenoxy) is 1. The van der Waals surface area contributed by atoms with Crippen LogP contribution in [0.4, 0.5) is 0 Å². The van der Waals surface area contributed by atoms with E-state index in [9.17, 15) is 38.1 Å². The van der Waals surface area contributed by atoms with Gasteiger partial charge in [0.1, 0.15) is 11.4 Å². The SMILES string of the molecule is CC(=O)[C@@]1(O)[C@@H](C(=O)C(C)O)OC[C@H](S(=O)(=O)Cc2ccc(C)cc2)[C@]1(O)C(C)=O. The fraction of sp³-hybridized carbons (Fsp3) is 0.550. The molecule has 0 amide bonds. The summed E-state index contributed by atoms with van der Waals surface area (Å²) in [6, 6.07) is 6.48. The van der Waals surface area contributed by atoms with Crippen molar-refractivity contribution in [1.82, 2.24) is 0 Å². The van der Waals surface area contributed by atoms with Crippen molar-refractivity contribution in [2.45, 2.75) is 62.1 Å². The van der Waals surface area contributed by atoms with Gasteiger partial charge in [0.15, 0.2) is 44.5 Å². The van der Waals surface area contributed by atoms with Crippen molar-refractivity contribution >= 4 is 27.2 Å². The van der Waals surface area contributed by atoms with Gasteiger partial charge >= 0.3 is 0 Å². The van der Waals surface area contributed by atoms with Crippen LogP contribution in [-0.2, 0) is 34.7 Å². The second kappa shape index (κ2) is 8.27. The van der Waals surface area contributed by atoms with Crippen molar-refractivity contribution in [1.29, 1.82) is 0 Å². The van der Waals surface area contributed by atoms with Crippen molar-refractivity contribution in [2.24, 2.45) is 0 Å². The van der Waals surface area contributed by atoms with E-state index in [0.29, 0.717) is 5.56 Å². The molecule has 1 aliphatic heterocycles. The zero-order valence-electron chi connectivity index (χ0n) is 17.2. The lowest BCUT2D eigenvalue weighted by molar-refractivity contribution is -0.233. The van der Waals surface area contributed by atoms with Crippen LogP contribution in [0.2, 0.25) is 0 Å². The van der Waals surface area contributed by atoms with E-state index in [-0.39, 0.29) is 0 Å². The van der Waals surface area contributed by atoms with Crippen molar-refractivity contribution in [3.8, 4) is 0 Å². The van der Waals surface area contributed by atoms with Gasteiger partial charge in [-0.15, -0.1) is 0 Å². The summed E-state index contributed by atoms with van der Waals surface area (Å²) >= 11 is 0. The topological polar surface area (TPSA) is 155 Å². The average molecular weight is 442 g/mol. The maximum atomic E-state index is 13.1. The number of carbonyl (C=O) groups is 3. The zero-order chi connectivity index (χ0) is 23.1. The molecule has 3 N–H and O–H groups in total. The number of ketones is 3. The highest BCUT2D eigenvalue weighted by Gasteiger charge is 2.71. The maximum Gasteiger partial charge on any atom is 0.193 e. The van der Waals surface area contributed by atoms with Crippen molar-refractivity contribution < 1.29 is 42.9 Å². The summed E-state index contributed by atoms with van der Waals surface area (Å²) in [5.41, 5.74) is -5.10. The van der Waals surface area contributed by atoms with Crippen LogP contribution in [0.5, 0.6) is 0 Å². The predicted molar refractivity (Wildman–Crippen MR) is 105 cm³/mol. The quantitative estimate of drug-likeness (QED) is 0.495. The molecule has 9 nitrogen and oxygen atoms in total. The molecule has 1 unspecified atom stereocenters. The Bertz CT molecular complexity index is 951. The molecule has 5 atom stereocenters. The number of hydrogen-bond donors (Lipinski definition) is 3. The summed E-state index contributed by atoms with van der Waals surface area (Å²) < 4.78 is 31.5. The van der Waals surface area contributed by atoms with Crippen LogP contribution in [-0.4, -0.2) is 76.4 Å². The average Bonchev–Trinajstić information content (AvgIpc) is 2.64. The lowest BCUT2D eigenvalue weighted by Crippen LogP contribution is -2.79. The van der Waals surface area contributed by atoms with Crippen molar-refractivity contribution in [3.05, 3.63) is 35.4 Å². The first-order chi connectivity index (χ1) is 13.7. The predicted octanol–water partition coefficient (Wildman–Crippen LogP) is -0.733. The van der Waals surface area contributed by atoms with E-state index in [4.69, 9.17) is 4.74 Å². The molecule has 1 fully saturated rings. The molecule has 1 saturated heterocycles. The van der Waals surface area contributed by atoms with Crippen LogP contribution >= 0.6 is 0 Å². The zero-order valence-corrected chi connectivity index (χ0v) is 18.0. The molecule has 1 heterocycles. The minimum Gasteiger partial charge on any atom is -0.386 e. The minimum absolute atomic E-state index is 0.361. The first-order valence-electron chi connectivity index (χ1n) is 9.27. The lowest BCUT2D eigenvalue weighted by atomic mass is 9.68. The minimum atomic E-state index is -4.36. The van der Waals surface area contributed by atoms with Crippen LogP contribution in [0.15, 0.2) is 24.3 Å². The molecule has 1 aliphatic rings. The summed E-state index contributed by atoms with van der Waals surface area (Å²) in [4.78, 5) is 37.2. The normalized spacial score (nSPS) is 30.5. The molecule has 0 aromatic heterocycles. The number of aliphatic hydroxyl groups excluding tert-OH is 1. The molecular weight excluding hydrogens is 416 g/mol. The van der Waals surface area contributed by atoms with Gasteiger partial charge in [-0.25, -0.2) is 8.42 Å². The molecule has 10 heteroatoms. The van der Waals surface area contributed by atoms with E-state index in [1.807, 2.05) is 6.92 Å². The number of aryl methyl sites for hydroxylation is 1. The Morgan fingerprint density at radius 3 is 2.03 bits per heavy atom. The second-order valence-electron chi connectivity index (χ2n) is 7.72. The maximum absolute atomic E-state index is 13.1. The van der Waals surface area contributed by atoms with E-state index in [1.165, 1.54) is 0 Å². The van der Waals surface area contributed by atoms with E-state index < -0.39 is 68.2 Å². The number of sulfone groups is 1. The summed E-state index contributed by atoms with van der Waals surface area (Å²) in [6.45, 7) is 3.66. The highest BCUT2D eigenvalue weighted by molar-refractivity contribution is 7.91. The van der Waals surface area contributed by atoms with Gasteiger partial charge in [-0.1, -0.05) is 29.8 Å². The number of hydrogen-bond acceptors (Lipinski definition) is 9. The Morgan fingerprint density at radius 1 is 1.10 bits per heavy atom. The largest absolute Gasteiger partial charge is 0.386 e. The Balaban J connectivity index is 2.61. The van der Waals surface area contributed by atoms with E-state index in [2.05, 4.69) is 0 Å². The molecule has 1 aromatic carbocycles. The molecule has 1 aromatic rings. The van der Waals surface area contributed by atoms with E-state index in [1.54, 1.807) is 24.3 Å². The monoisotopic (exact) mass is 442 g/mol. The molecule has 0 aliphatic carbocycles. The van der Waals surface area contributed by atoms with Gasteiger partial charge < -0.3 is 20.1 Å². The third kappa shape index (κ3) is 3.85. The summed E-state index contributed by atoms with van der Waals surface area (Å²) in [5.74, 6) is -4.22. The fourth-order valence-electron chi connectivity index (χ4n) is 3.71. The van der Waals surface area contributed by atoms with Gasteiger partial charge in [0.25, 0.3) is 0 Å². The Morgan fingerprint density at radius 2 is 1.60 bits per heavy atom. The highest BCUT2D eigenvalue weighted by Crippen LogP contribution is 2.41. The summed E-state index contributed by atoms with van der Waals surface area (Å²) in [7, 11) is -4.36. The van der Waals surface area contributed by atoms with Crippen LogP contribution in [0.3, 0.4) is 0 Å².